The summed E-state index contributed by atoms with van der Waals surface area (Å²) in [5.74, 6) is 0.622. The summed E-state index contributed by atoms with van der Waals surface area (Å²) in [5, 5.41) is 11.4. The van der Waals surface area contributed by atoms with E-state index in [0.29, 0.717) is 16.3 Å². The van der Waals surface area contributed by atoms with Gasteiger partial charge in [-0.2, -0.15) is 0 Å². The average molecular weight is 307 g/mol. The Bertz CT molecular complexity index is 659. The number of nitrogens with zero attached hydrogens (tertiary/aromatic N) is 1. The molecule has 1 atom stereocenters. The highest BCUT2D eigenvalue weighted by molar-refractivity contribution is 6.30. The Kier molecular flexibility index (Phi) is 4.77. The molecule has 110 valence electrons. The summed E-state index contributed by atoms with van der Waals surface area (Å²) < 4.78 is 5.69. The number of benzene rings is 2. The van der Waals surface area contributed by atoms with Crippen molar-refractivity contribution in [1.82, 2.24) is 0 Å². The van der Waals surface area contributed by atoms with Crippen LogP contribution in [0, 0.1) is 10.1 Å². The van der Waals surface area contributed by atoms with Crippen LogP contribution in [0.5, 0.6) is 5.75 Å². The second-order valence-corrected chi connectivity index (χ2v) is 5.08. The standard InChI is InChI=1S/C15H15ClN2O3/c1-10(17)13-4-2-3-5-15(13)21-9-11-6-7-12(16)8-14(11)18(19)20/h2-8,10H,9,17H2,1H3/t10-/m0/s1. The van der Waals surface area contributed by atoms with Gasteiger partial charge in [0.05, 0.1) is 10.5 Å². The third-order valence-electron chi connectivity index (χ3n) is 3.04. The van der Waals surface area contributed by atoms with Gasteiger partial charge in [0.15, 0.2) is 0 Å². The maximum atomic E-state index is 11.0. The van der Waals surface area contributed by atoms with Crippen LogP contribution in [0.3, 0.4) is 0 Å². The van der Waals surface area contributed by atoms with Gasteiger partial charge in [0.2, 0.25) is 0 Å². The van der Waals surface area contributed by atoms with E-state index in [9.17, 15) is 10.1 Å². The van der Waals surface area contributed by atoms with Crippen LogP contribution in [-0.4, -0.2) is 4.92 Å². The van der Waals surface area contributed by atoms with Crippen molar-refractivity contribution in [2.24, 2.45) is 5.73 Å². The lowest BCUT2D eigenvalue weighted by Gasteiger charge is -2.14. The summed E-state index contributed by atoms with van der Waals surface area (Å²) in [6, 6.07) is 11.7. The molecule has 2 rings (SSSR count). The van der Waals surface area contributed by atoms with Gasteiger partial charge in [-0.05, 0) is 25.1 Å². The molecular formula is C15H15ClN2O3. The van der Waals surface area contributed by atoms with Crippen LogP contribution in [0.1, 0.15) is 24.1 Å². The van der Waals surface area contributed by atoms with Crippen LogP contribution in [0.15, 0.2) is 42.5 Å². The molecule has 0 saturated carbocycles. The van der Waals surface area contributed by atoms with Crippen molar-refractivity contribution < 1.29 is 9.66 Å². The molecule has 0 heterocycles. The van der Waals surface area contributed by atoms with Gasteiger partial charge in [-0.1, -0.05) is 29.8 Å². The van der Waals surface area contributed by atoms with Crippen molar-refractivity contribution in [2.45, 2.75) is 19.6 Å². The van der Waals surface area contributed by atoms with Gasteiger partial charge >= 0.3 is 0 Å². The SMILES string of the molecule is C[C@H](N)c1ccccc1OCc1ccc(Cl)cc1[N+](=O)[O-]. The second kappa shape index (κ2) is 6.56. The van der Waals surface area contributed by atoms with E-state index >= 15 is 0 Å². The zero-order valence-corrected chi connectivity index (χ0v) is 12.2. The van der Waals surface area contributed by atoms with Crippen LogP contribution < -0.4 is 10.5 Å². The second-order valence-electron chi connectivity index (χ2n) is 4.65. The van der Waals surface area contributed by atoms with E-state index in [2.05, 4.69) is 0 Å². The van der Waals surface area contributed by atoms with Crippen LogP contribution in [0.25, 0.3) is 0 Å². The molecule has 2 N–H and O–H groups in total. The summed E-state index contributed by atoms with van der Waals surface area (Å²) in [5.41, 5.74) is 7.14. The van der Waals surface area contributed by atoms with E-state index in [-0.39, 0.29) is 18.3 Å². The van der Waals surface area contributed by atoms with Crippen LogP contribution >= 0.6 is 11.6 Å². The quantitative estimate of drug-likeness (QED) is 0.672. The van der Waals surface area contributed by atoms with Crippen LogP contribution in [0.2, 0.25) is 5.02 Å². The van der Waals surface area contributed by atoms with Crippen molar-refractivity contribution in [1.29, 1.82) is 0 Å². The number of halogens is 1. The van der Waals surface area contributed by atoms with Crippen molar-refractivity contribution in [3.8, 4) is 5.75 Å². The minimum Gasteiger partial charge on any atom is -0.488 e. The zero-order chi connectivity index (χ0) is 15.4. The lowest BCUT2D eigenvalue weighted by molar-refractivity contribution is -0.385. The molecule has 0 aliphatic heterocycles. The fourth-order valence-electron chi connectivity index (χ4n) is 1.97. The largest absolute Gasteiger partial charge is 0.488 e. The summed E-state index contributed by atoms with van der Waals surface area (Å²) in [6.45, 7) is 1.93. The van der Waals surface area contributed by atoms with Gasteiger partial charge < -0.3 is 10.5 Å². The molecule has 0 unspecified atom stereocenters. The minimum absolute atomic E-state index is 0.0548. The lowest BCUT2D eigenvalue weighted by atomic mass is 10.1. The topological polar surface area (TPSA) is 78.4 Å². The first-order valence-electron chi connectivity index (χ1n) is 6.39. The first-order chi connectivity index (χ1) is 9.99. The molecule has 2 aromatic carbocycles. The molecule has 0 amide bonds. The molecule has 0 fully saturated rings. The number of hydrogen-bond acceptors (Lipinski definition) is 4. The Morgan fingerprint density at radius 2 is 2.05 bits per heavy atom. The Balaban J connectivity index is 2.23. The monoisotopic (exact) mass is 306 g/mol. The highest BCUT2D eigenvalue weighted by Gasteiger charge is 2.15. The molecule has 6 heteroatoms. The zero-order valence-electron chi connectivity index (χ0n) is 11.5. The van der Waals surface area contributed by atoms with E-state index in [1.807, 2.05) is 25.1 Å². The maximum absolute atomic E-state index is 11.0. The lowest BCUT2D eigenvalue weighted by Crippen LogP contribution is -2.08. The molecule has 0 bridgehead atoms. The Hall–Kier alpha value is -2.11. The summed E-state index contributed by atoms with van der Waals surface area (Å²) >= 11 is 5.78. The number of nitrogens with two attached hydrogens (primary N) is 1. The number of nitro benzene ring substituents is 1. The molecule has 0 aliphatic carbocycles. The normalized spacial score (nSPS) is 12.0. The van der Waals surface area contributed by atoms with Crippen LogP contribution in [-0.2, 0) is 6.61 Å². The van der Waals surface area contributed by atoms with Crippen molar-refractivity contribution in [3.63, 3.8) is 0 Å². The van der Waals surface area contributed by atoms with Crippen LogP contribution in [0.4, 0.5) is 5.69 Å². The predicted molar refractivity (Wildman–Crippen MR) is 81.5 cm³/mol. The Labute approximate surface area is 127 Å². The van der Waals surface area contributed by atoms with E-state index in [4.69, 9.17) is 22.1 Å². The van der Waals surface area contributed by atoms with E-state index in [0.717, 1.165) is 5.56 Å². The fraction of sp³-hybridized carbons (Fsp3) is 0.200. The molecule has 21 heavy (non-hydrogen) atoms. The van der Waals surface area contributed by atoms with Gasteiger partial charge in [0, 0.05) is 22.7 Å². The Morgan fingerprint density at radius 1 is 1.33 bits per heavy atom. The maximum Gasteiger partial charge on any atom is 0.277 e. The first kappa shape index (κ1) is 15.3. The smallest absolute Gasteiger partial charge is 0.277 e. The average Bonchev–Trinajstić information content (AvgIpc) is 2.46. The van der Waals surface area contributed by atoms with E-state index < -0.39 is 4.92 Å². The highest BCUT2D eigenvalue weighted by Crippen LogP contribution is 2.27. The first-order valence-corrected chi connectivity index (χ1v) is 6.77. The molecule has 2 aromatic rings. The van der Waals surface area contributed by atoms with Gasteiger partial charge in [-0.15, -0.1) is 0 Å². The van der Waals surface area contributed by atoms with Crippen molar-refractivity contribution in [3.05, 3.63) is 68.7 Å². The predicted octanol–water partition coefficient (Wildman–Crippen LogP) is 3.85. The van der Waals surface area contributed by atoms with Gasteiger partial charge in [-0.3, -0.25) is 10.1 Å². The van der Waals surface area contributed by atoms with E-state index in [1.165, 1.54) is 6.07 Å². The molecule has 0 saturated heterocycles. The third-order valence-corrected chi connectivity index (χ3v) is 3.27. The minimum atomic E-state index is -0.470. The van der Waals surface area contributed by atoms with Gasteiger partial charge in [0.25, 0.3) is 5.69 Å². The fourth-order valence-corrected chi connectivity index (χ4v) is 2.14. The molecular weight excluding hydrogens is 292 g/mol. The molecule has 0 aromatic heterocycles. The number of rotatable bonds is 5. The number of para-hydroxylation sites is 1. The third kappa shape index (κ3) is 3.71. The van der Waals surface area contributed by atoms with Gasteiger partial charge in [-0.25, -0.2) is 0 Å². The Morgan fingerprint density at radius 3 is 2.71 bits per heavy atom. The van der Waals surface area contributed by atoms with Crippen molar-refractivity contribution in [2.75, 3.05) is 0 Å². The molecule has 0 spiro atoms. The van der Waals surface area contributed by atoms with Crippen molar-refractivity contribution >= 4 is 17.3 Å². The molecule has 5 nitrogen and oxygen atoms in total. The number of hydrogen-bond donors (Lipinski definition) is 1. The summed E-state index contributed by atoms with van der Waals surface area (Å²) in [7, 11) is 0. The molecule has 0 radical (unpaired) electrons. The molecule has 0 aliphatic rings. The van der Waals surface area contributed by atoms with Gasteiger partial charge in [0.1, 0.15) is 12.4 Å². The highest BCUT2D eigenvalue weighted by atomic mass is 35.5. The summed E-state index contributed by atoms with van der Waals surface area (Å²) in [6.07, 6.45) is 0. The summed E-state index contributed by atoms with van der Waals surface area (Å²) in [4.78, 5) is 10.6. The number of ether oxygens (including phenoxy) is 1. The number of nitro groups is 1. The van der Waals surface area contributed by atoms with E-state index in [1.54, 1.807) is 18.2 Å².